The normalized spacial score (nSPS) is 11.1. The fourth-order valence-corrected chi connectivity index (χ4v) is 3.32. The standard InChI is InChI=1S/C15H15FN4S/c1-7-5-4-6-10(12(7)16)13-18-14(20-17)11-8(2)9(3)21-15(11)19-13/h4-6H,17H2,1-3H3,(H,18,19,20). The summed E-state index contributed by atoms with van der Waals surface area (Å²) in [5.41, 5.74) is 4.65. The summed E-state index contributed by atoms with van der Waals surface area (Å²) in [5, 5.41) is 0.900. The van der Waals surface area contributed by atoms with Crippen LogP contribution in [0.1, 0.15) is 16.0 Å². The number of aromatic nitrogens is 2. The number of nitrogens with zero attached hydrogens (tertiary/aromatic N) is 2. The summed E-state index contributed by atoms with van der Waals surface area (Å²) in [7, 11) is 0. The Balaban J connectivity index is 2.32. The predicted octanol–water partition coefficient (Wildman–Crippen LogP) is 3.71. The number of nitrogen functional groups attached to an aromatic ring is 1. The van der Waals surface area contributed by atoms with Crippen LogP contribution in [0.2, 0.25) is 0 Å². The molecule has 0 atom stereocenters. The van der Waals surface area contributed by atoms with Gasteiger partial charge in [-0.2, -0.15) is 0 Å². The fraction of sp³-hybridized carbons (Fsp3) is 0.200. The van der Waals surface area contributed by atoms with Gasteiger partial charge in [-0.3, -0.25) is 0 Å². The number of hydrazine groups is 1. The van der Waals surface area contributed by atoms with Crippen LogP contribution in [0, 0.1) is 26.6 Å². The van der Waals surface area contributed by atoms with E-state index in [4.69, 9.17) is 5.84 Å². The van der Waals surface area contributed by atoms with Crippen LogP contribution in [-0.4, -0.2) is 9.97 Å². The number of hydrogen-bond acceptors (Lipinski definition) is 5. The van der Waals surface area contributed by atoms with E-state index < -0.39 is 0 Å². The van der Waals surface area contributed by atoms with E-state index in [0.29, 0.717) is 22.8 Å². The summed E-state index contributed by atoms with van der Waals surface area (Å²) in [6.45, 7) is 5.75. The molecule has 0 spiro atoms. The first kappa shape index (κ1) is 13.9. The molecule has 0 saturated carbocycles. The summed E-state index contributed by atoms with van der Waals surface area (Å²) in [6, 6.07) is 5.19. The van der Waals surface area contributed by atoms with Crippen LogP contribution >= 0.6 is 11.3 Å². The van der Waals surface area contributed by atoms with Gasteiger partial charge in [0.15, 0.2) is 11.6 Å². The van der Waals surface area contributed by atoms with Gasteiger partial charge in [0, 0.05) is 4.88 Å². The molecule has 0 saturated heterocycles. The van der Waals surface area contributed by atoms with Gasteiger partial charge in [-0.25, -0.2) is 20.2 Å². The molecular formula is C15H15FN4S. The van der Waals surface area contributed by atoms with Gasteiger partial charge in [0.25, 0.3) is 0 Å². The first-order valence-corrected chi connectivity index (χ1v) is 7.34. The fourth-order valence-electron chi connectivity index (χ4n) is 2.29. The van der Waals surface area contributed by atoms with Gasteiger partial charge >= 0.3 is 0 Å². The molecule has 3 N–H and O–H groups in total. The second-order valence-corrected chi connectivity index (χ2v) is 6.14. The molecule has 0 bridgehead atoms. The van der Waals surface area contributed by atoms with Gasteiger partial charge in [0.1, 0.15) is 10.6 Å². The van der Waals surface area contributed by atoms with E-state index in [-0.39, 0.29) is 5.82 Å². The van der Waals surface area contributed by atoms with Crippen LogP contribution < -0.4 is 11.3 Å². The lowest BCUT2D eigenvalue weighted by Crippen LogP contribution is -2.10. The van der Waals surface area contributed by atoms with Crippen molar-refractivity contribution in [3.8, 4) is 11.4 Å². The molecule has 4 nitrogen and oxygen atoms in total. The monoisotopic (exact) mass is 302 g/mol. The lowest BCUT2D eigenvalue weighted by molar-refractivity contribution is 0.621. The van der Waals surface area contributed by atoms with Crippen LogP contribution in [0.3, 0.4) is 0 Å². The molecule has 0 fully saturated rings. The highest BCUT2D eigenvalue weighted by molar-refractivity contribution is 7.18. The number of aryl methyl sites for hydroxylation is 3. The maximum atomic E-state index is 14.3. The molecular weight excluding hydrogens is 287 g/mol. The molecule has 2 aromatic heterocycles. The van der Waals surface area contributed by atoms with Gasteiger partial charge in [-0.1, -0.05) is 12.1 Å². The van der Waals surface area contributed by atoms with Crippen molar-refractivity contribution in [1.29, 1.82) is 0 Å². The average molecular weight is 302 g/mol. The van der Waals surface area contributed by atoms with E-state index in [2.05, 4.69) is 15.4 Å². The third-order valence-electron chi connectivity index (χ3n) is 3.60. The number of thiophene rings is 1. The second-order valence-electron chi connectivity index (χ2n) is 4.94. The summed E-state index contributed by atoms with van der Waals surface area (Å²) >= 11 is 1.56. The Morgan fingerprint density at radius 2 is 1.95 bits per heavy atom. The quantitative estimate of drug-likeness (QED) is 0.559. The van der Waals surface area contributed by atoms with Crippen molar-refractivity contribution in [1.82, 2.24) is 9.97 Å². The maximum absolute atomic E-state index is 14.3. The number of fused-ring (bicyclic) bond motifs is 1. The first-order chi connectivity index (χ1) is 10.0. The number of rotatable bonds is 2. The topological polar surface area (TPSA) is 63.8 Å². The van der Waals surface area contributed by atoms with E-state index in [1.165, 1.54) is 0 Å². The van der Waals surface area contributed by atoms with Crippen molar-refractivity contribution < 1.29 is 4.39 Å². The zero-order chi connectivity index (χ0) is 15.1. The van der Waals surface area contributed by atoms with Crippen molar-refractivity contribution in [2.24, 2.45) is 5.84 Å². The Bertz CT molecular complexity index is 841. The number of hydrogen-bond donors (Lipinski definition) is 2. The highest BCUT2D eigenvalue weighted by Crippen LogP contribution is 2.35. The first-order valence-electron chi connectivity index (χ1n) is 6.52. The molecule has 6 heteroatoms. The lowest BCUT2D eigenvalue weighted by atomic mass is 10.1. The third-order valence-corrected chi connectivity index (χ3v) is 4.70. The van der Waals surface area contributed by atoms with E-state index in [9.17, 15) is 4.39 Å². The SMILES string of the molecule is Cc1cccc(-c2nc(NN)c3c(C)c(C)sc3n2)c1F. The van der Waals surface area contributed by atoms with E-state index in [1.54, 1.807) is 36.5 Å². The van der Waals surface area contributed by atoms with Gasteiger partial charge in [0.05, 0.1) is 10.9 Å². The lowest BCUT2D eigenvalue weighted by Gasteiger charge is -2.08. The average Bonchev–Trinajstić information content (AvgIpc) is 2.76. The Hall–Kier alpha value is -2.05. The molecule has 0 aliphatic rings. The zero-order valence-electron chi connectivity index (χ0n) is 12.0. The predicted molar refractivity (Wildman–Crippen MR) is 84.8 cm³/mol. The van der Waals surface area contributed by atoms with Crippen LogP contribution in [-0.2, 0) is 0 Å². The second kappa shape index (κ2) is 5.05. The zero-order valence-corrected chi connectivity index (χ0v) is 12.8. The van der Waals surface area contributed by atoms with Gasteiger partial charge in [0.2, 0.25) is 0 Å². The van der Waals surface area contributed by atoms with Crippen LogP contribution in [0.25, 0.3) is 21.6 Å². The van der Waals surface area contributed by atoms with Crippen LogP contribution in [0.4, 0.5) is 10.2 Å². The van der Waals surface area contributed by atoms with Crippen LogP contribution in [0.15, 0.2) is 18.2 Å². The Morgan fingerprint density at radius 1 is 1.19 bits per heavy atom. The van der Waals surface area contributed by atoms with Gasteiger partial charge < -0.3 is 5.43 Å². The third kappa shape index (κ3) is 2.16. The van der Waals surface area contributed by atoms with Crippen LogP contribution in [0.5, 0.6) is 0 Å². The molecule has 3 aromatic rings. The molecule has 1 aromatic carbocycles. The summed E-state index contributed by atoms with van der Waals surface area (Å²) < 4.78 is 14.3. The number of benzene rings is 1. The number of anilines is 1. The summed E-state index contributed by atoms with van der Waals surface area (Å²) in [5.74, 6) is 6.15. The van der Waals surface area contributed by atoms with E-state index in [0.717, 1.165) is 20.7 Å². The summed E-state index contributed by atoms with van der Waals surface area (Å²) in [4.78, 5) is 10.9. The Kier molecular flexibility index (Phi) is 3.35. The number of nitrogens with one attached hydrogen (secondary N) is 1. The molecule has 108 valence electrons. The number of nitrogens with two attached hydrogens (primary N) is 1. The molecule has 0 aliphatic heterocycles. The largest absolute Gasteiger partial charge is 0.308 e. The molecule has 3 rings (SSSR count). The molecule has 0 radical (unpaired) electrons. The smallest absolute Gasteiger partial charge is 0.166 e. The van der Waals surface area contributed by atoms with Crippen molar-refractivity contribution in [2.75, 3.05) is 5.43 Å². The maximum Gasteiger partial charge on any atom is 0.166 e. The van der Waals surface area contributed by atoms with Crippen molar-refractivity contribution in [3.05, 3.63) is 40.0 Å². The Morgan fingerprint density at radius 3 is 2.67 bits per heavy atom. The number of halogens is 1. The molecule has 0 aliphatic carbocycles. The van der Waals surface area contributed by atoms with Gasteiger partial charge in [-0.15, -0.1) is 11.3 Å². The molecule has 0 amide bonds. The minimum absolute atomic E-state index is 0.301. The highest BCUT2D eigenvalue weighted by Gasteiger charge is 2.17. The Labute approximate surface area is 125 Å². The van der Waals surface area contributed by atoms with Crippen molar-refractivity contribution >= 4 is 27.4 Å². The van der Waals surface area contributed by atoms with Gasteiger partial charge in [-0.05, 0) is 38.0 Å². The minimum Gasteiger partial charge on any atom is -0.308 e. The summed E-state index contributed by atoms with van der Waals surface area (Å²) in [6.07, 6.45) is 0. The molecule has 2 heterocycles. The van der Waals surface area contributed by atoms with Crippen molar-refractivity contribution in [2.45, 2.75) is 20.8 Å². The van der Waals surface area contributed by atoms with E-state index in [1.807, 2.05) is 13.8 Å². The van der Waals surface area contributed by atoms with Crippen molar-refractivity contribution in [3.63, 3.8) is 0 Å². The molecule has 0 unspecified atom stereocenters. The molecule has 21 heavy (non-hydrogen) atoms. The highest BCUT2D eigenvalue weighted by atomic mass is 32.1. The van der Waals surface area contributed by atoms with E-state index >= 15 is 0 Å². The minimum atomic E-state index is -0.301.